The highest BCUT2D eigenvalue weighted by molar-refractivity contribution is 5.46. The summed E-state index contributed by atoms with van der Waals surface area (Å²) < 4.78 is 12.3. The van der Waals surface area contributed by atoms with E-state index in [0.717, 1.165) is 70.0 Å². The first-order valence-electron chi connectivity index (χ1n) is 8.12. The summed E-state index contributed by atoms with van der Waals surface area (Å²) >= 11 is 0. The fourth-order valence-corrected chi connectivity index (χ4v) is 3.46. The molecule has 116 valence electrons. The monoisotopic (exact) mass is 290 g/mol. The first-order valence-corrected chi connectivity index (χ1v) is 8.12. The van der Waals surface area contributed by atoms with Gasteiger partial charge in [0.05, 0.1) is 6.61 Å². The molecule has 1 aromatic carbocycles. The number of fused-ring (bicyclic) bond motifs is 1. The van der Waals surface area contributed by atoms with Gasteiger partial charge in [-0.2, -0.15) is 0 Å². The quantitative estimate of drug-likeness (QED) is 0.903. The molecule has 1 fully saturated rings. The SMILES string of the molecule is CCCOc1cccc2c1CCC1(CCN(CCN)C1)O2. The van der Waals surface area contributed by atoms with Gasteiger partial charge in [0.2, 0.25) is 0 Å². The van der Waals surface area contributed by atoms with Crippen molar-refractivity contribution in [3.05, 3.63) is 23.8 Å². The maximum atomic E-state index is 6.42. The predicted molar refractivity (Wildman–Crippen MR) is 84.0 cm³/mol. The van der Waals surface area contributed by atoms with Crippen LogP contribution in [0.2, 0.25) is 0 Å². The maximum absolute atomic E-state index is 6.42. The van der Waals surface area contributed by atoms with Gasteiger partial charge >= 0.3 is 0 Å². The highest BCUT2D eigenvalue weighted by Gasteiger charge is 2.42. The Morgan fingerprint density at radius 3 is 3.10 bits per heavy atom. The predicted octanol–water partition coefficient (Wildman–Crippen LogP) is 2.20. The van der Waals surface area contributed by atoms with Gasteiger partial charge in [-0.15, -0.1) is 0 Å². The lowest BCUT2D eigenvalue weighted by Gasteiger charge is -2.36. The first kappa shape index (κ1) is 14.7. The molecule has 2 N–H and O–H groups in total. The van der Waals surface area contributed by atoms with E-state index in [0.29, 0.717) is 0 Å². The minimum absolute atomic E-state index is 0.00838. The number of hydrogen-bond acceptors (Lipinski definition) is 4. The number of hydrogen-bond donors (Lipinski definition) is 1. The molecule has 0 radical (unpaired) electrons. The Morgan fingerprint density at radius 2 is 2.29 bits per heavy atom. The van der Waals surface area contributed by atoms with E-state index < -0.39 is 0 Å². The molecule has 2 aliphatic heterocycles. The smallest absolute Gasteiger partial charge is 0.127 e. The number of benzene rings is 1. The molecule has 0 bridgehead atoms. The fourth-order valence-electron chi connectivity index (χ4n) is 3.46. The van der Waals surface area contributed by atoms with Crippen LogP contribution in [0.4, 0.5) is 0 Å². The van der Waals surface area contributed by atoms with Crippen LogP contribution in [0.15, 0.2) is 18.2 Å². The van der Waals surface area contributed by atoms with E-state index in [1.165, 1.54) is 5.56 Å². The third-order valence-corrected chi connectivity index (χ3v) is 4.55. The Bertz CT molecular complexity index is 492. The van der Waals surface area contributed by atoms with E-state index in [1.54, 1.807) is 0 Å². The largest absolute Gasteiger partial charge is 0.493 e. The molecule has 1 spiro atoms. The molecule has 4 nitrogen and oxygen atoms in total. The van der Waals surface area contributed by atoms with Crippen LogP contribution in [0.5, 0.6) is 11.5 Å². The van der Waals surface area contributed by atoms with Crippen molar-refractivity contribution in [1.29, 1.82) is 0 Å². The average Bonchev–Trinajstić information content (AvgIpc) is 2.87. The topological polar surface area (TPSA) is 47.7 Å². The summed E-state index contributed by atoms with van der Waals surface area (Å²) in [6.45, 7) is 6.69. The molecule has 1 saturated heterocycles. The van der Waals surface area contributed by atoms with Crippen LogP contribution in [0.25, 0.3) is 0 Å². The second kappa shape index (κ2) is 6.24. The van der Waals surface area contributed by atoms with Crippen molar-refractivity contribution in [2.45, 2.75) is 38.2 Å². The molecule has 1 unspecified atom stereocenters. The number of nitrogens with zero attached hydrogens (tertiary/aromatic N) is 1. The van der Waals surface area contributed by atoms with Gasteiger partial charge in [-0.3, -0.25) is 4.90 Å². The van der Waals surface area contributed by atoms with Crippen molar-refractivity contribution < 1.29 is 9.47 Å². The summed E-state index contributed by atoms with van der Waals surface area (Å²) in [5, 5.41) is 0. The minimum Gasteiger partial charge on any atom is -0.493 e. The van der Waals surface area contributed by atoms with Gasteiger partial charge in [0.25, 0.3) is 0 Å². The third-order valence-electron chi connectivity index (χ3n) is 4.55. The van der Waals surface area contributed by atoms with E-state index in [1.807, 2.05) is 6.07 Å². The lowest BCUT2D eigenvalue weighted by molar-refractivity contribution is 0.0538. The normalized spacial score (nSPS) is 24.9. The summed E-state index contributed by atoms with van der Waals surface area (Å²) in [5.74, 6) is 2.02. The summed E-state index contributed by atoms with van der Waals surface area (Å²) in [6.07, 6.45) is 4.26. The second-order valence-corrected chi connectivity index (χ2v) is 6.18. The van der Waals surface area contributed by atoms with Crippen molar-refractivity contribution in [2.75, 3.05) is 32.8 Å². The van der Waals surface area contributed by atoms with Gasteiger partial charge in [-0.1, -0.05) is 13.0 Å². The van der Waals surface area contributed by atoms with Gasteiger partial charge in [-0.05, 0) is 31.4 Å². The molecule has 21 heavy (non-hydrogen) atoms. The van der Waals surface area contributed by atoms with Crippen LogP contribution >= 0.6 is 0 Å². The molecule has 2 aliphatic rings. The molecule has 4 heteroatoms. The maximum Gasteiger partial charge on any atom is 0.127 e. The number of likely N-dealkylation sites (tertiary alicyclic amines) is 1. The van der Waals surface area contributed by atoms with Crippen molar-refractivity contribution in [3.63, 3.8) is 0 Å². The molecule has 0 aliphatic carbocycles. The van der Waals surface area contributed by atoms with Gasteiger partial charge in [0.15, 0.2) is 0 Å². The zero-order valence-corrected chi connectivity index (χ0v) is 12.9. The molecule has 0 amide bonds. The average molecular weight is 290 g/mol. The Kier molecular flexibility index (Phi) is 4.36. The van der Waals surface area contributed by atoms with Gasteiger partial charge in [0.1, 0.15) is 17.1 Å². The lowest BCUT2D eigenvalue weighted by atomic mass is 9.90. The molecule has 1 atom stereocenters. The molecule has 0 saturated carbocycles. The molecule has 3 rings (SSSR count). The molecule has 0 aromatic heterocycles. The highest BCUT2D eigenvalue weighted by Crippen LogP contribution is 2.42. The molecular formula is C17H26N2O2. The van der Waals surface area contributed by atoms with Crippen molar-refractivity contribution in [2.24, 2.45) is 5.73 Å². The lowest BCUT2D eigenvalue weighted by Crippen LogP contribution is -2.43. The number of nitrogens with two attached hydrogens (primary N) is 1. The van der Waals surface area contributed by atoms with Crippen LogP contribution in [0, 0.1) is 0 Å². The van der Waals surface area contributed by atoms with Gasteiger partial charge < -0.3 is 15.2 Å². The molecular weight excluding hydrogens is 264 g/mol. The van der Waals surface area contributed by atoms with Crippen LogP contribution < -0.4 is 15.2 Å². The van der Waals surface area contributed by atoms with Crippen LogP contribution in [0.1, 0.15) is 31.7 Å². The van der Waals surface area contributed by atoms with Crippen LogP contribution in [-0.4, -0.2) is 43.3 Å². The summed E-state index contributed by atoms with van der Waals surface area (Å²) in [7, 11) is 0. The van der Waals surface area contributed by atoms with E-state index in [9.17, 15) is 0 Å². The zero-order chi connectivity index (χ0) is 14.7. The van der Waals surface area contributed by atoms with Gasteiger partial charge in [0, 0.05) is 38.2 Å². The summed E-state index contributed by atoms with van der Waals surface area (Å²) in [6, 6.07) is 6.18. The van der Waals surface area contributed by atoms with Crippen LogP contribution in [0.3, 0.4) is 0 Å². The Morgan fingerprint density at radius 1 is 1.38 bits per heavy atom. The minimum atomic E-state index is -0.00838. The third kappa shape index (κ3) is 3.01. The van der Waals surface area contributed by atoms with Crippen molar-refractivity contribution in [1.82, 2.24) is 4.90 Å². The molecule has 1 aromatic rings. The van der Waals surface area contributed by atoms with Crippen molar-refractivity contribution >= 4 is 0 Å². The zero-order valence-electron chi connectivity index (χ0n) is 12.9. The summed E-state index contributed by atoms with van der Waals surface area (Å²) in [5.41, 5.74) is 6.91. The van der Waals surface area contributed by atoms with E-state index >= 15 is 0 Å². The van der Waals surface area contributed by atoms with E-state index in [-0.39, 0.29) is 5.60 Å². The van der Waals surface area contributed by atoms with Crippen LogP contribution in [-0.2, 0) is 6.42 Å². The van der Waals surface area contributed by atoms with Crippen molar-refractivity contribution in [3.8, 4) is 11.5 Å². The van der Waals surface area contributed by atoms with Gasteiger partial charge in [-0.25, -0.2) is 0 Å². The Hall–Kier alpha value is -1.26. The Balaban J connectivity index is 1.74. The van der Waals surface area contributed by atoms with E-state index in [4.69, 9.17) is 15.2 Å². The number of rotatable bonds is 5. The fraction of sp³-hybridized carbons (Fsp3) is 0.647. The first-order chi connectivity index (χ1) is 10.3. The second-order valence-electron chi connectivity index (χ2n) is 6.18. The summed E-state index contributed by atoms with van der Waals surface area (Å²) in [4.78, 5) is 2.42. The molecule has 2 heterocycles. The van der Waals surface area contributed by atoms with E-state index in [2.05, 4.69) is 24.0 Å². The number of ether oxygens (including phenoxy) is 2. The Labute approximate surface area is 127 Å². The standard InChI is InChI=1S/C17H26N2O2/c1-2-12-20-15-4-3-5-16-14(15)6-7-17(21-16)8-10-19(13-17)11-9-18/h3-5H,2,6-13,18H2,1H3. The highest BCUT2D eigenvalue weighted by atomic mass is 16.5.